The second kappa shape index (κ2) is 7.09. The highest BCUT2D eigenvalue weighted by molar-refractivity contribution is 7.99. The van der Waals surface area contributed by atoms with Crippen molar-refractivity contribution in [2.45, 2.75) is 25.1 Å². The maximum absolute atomic E-state index is 12.6. The summed E-state index contributed by atoms with van der Waals surface area (Å²) in [5.74, 6) is 2.39. The van der Waals surface area contributed by atoms with Crippen molar-refractivity contribution in [1.29, 1.82) is 0 Å². The monoisotopic (exact) mass is 327 g/mol. The molecule has 1 unspecified atom stereocenters. The topological polar surface area (TPSA) is 29.5 Å². The lowest BCUT2D eigenvalue weighted by molar-refractivity contribution is -0.116. The molecule has 0 aliphatic carbocycles. The SMILES string of the molecule is COc1ccc(CSCC(=O)N2c3ccccc3CC2C)cc1. The first kappa shape index (κ1) is 15.9. The lowest BCUT2D eigenvalue weighted by Gasteiger charge is -2.22. The number of methoxy groups -OCH3 is 1. The quantitative estimate of drug-likeness (QED) is 0.834. The second-order valence-electron chi connectivity index (χ2n) is 5.79. The minimum Gasteiger partial charge on any atom is -0.497 e. The van der Waals surface area contributed by atoms with E-state index in [1.165, 1.54) is 11.1 Å². The molecule has 0 bridgehead atoms. The summed E-state index contributed by atoms with van der Waals surface area (Å²) in [5, 5.41) is 0. The molecule has 120 valence electrons. The van der Waals surface area contributed by atoms with Gasteiger partial charge in [0, 0.05) is 17.5 Å². The van der Waals surface area contributed by atoms with Crippen LogP contribution in [-0.4, -0.2) is 24.8 Å². The van der Waals surface area contributed by atoms with Crippen LogP contribution in [0.1, 0.15) is 18.1 Å². The van der Waals surface area contributed by atoms with Gasteiger partial charge in [-0.15, -0.1) is 11.8 Å². The van der Waals surface area contributed by atoms with Crippen molar-refractivity contribution in [3.63, 3.8) is 0 Å². The van der Waals surface area contributed by atoms with Crippen LogP contribution in [0.2, 0.25) is 0 Å². The number of hydrogen-bond acceptors (Lipinski definition) is 3. The zero-order chi connectivity index (χ0) is 16.2. The smallest absolute Gasteiger partial charge is 0.237 e. The highest BCUT2D eigenvalue weighted by Gasteiger charge is 2.30. The van der Waals surface area contributed by atoms with Crippen LogP contribution in [-0.2, 0) is 17.0 Å². The maximum atomic E-state index is 12.6. The van der Waals surface area contributed by atoms with Gasteiger partial charge in [-0.05, 0) is 42.7 Å². The Hall–Kier alpha value is -1.94. The number of carbonyl (C=O) groups excluding carboxylic acids is 1. The molecule has 1 atom stereocenters. The predicted octanol–water partition coefficient (Wildman–Crippen LogP) is 3.91. The fraction of sp³-hybridized carbons (Fsp3) is 0.316. The fourth-order valence-electron chi connectivity index (χ4n) is 2.99. The number of amides is 1. The molecule has 1 heterocycles. The van der Waals surface area contributed by atoms with E-state index in [-0.39, 0.29) is 11.9 Å². The Morgan fingerprint density at radius 2 is 1.96 bits per heavy atom. The molecule has 1 aliphatic heterocycles. The summed E-state index contributed by atoms with van der Waals surface area (Å²) in [7, 11) is 1.66. The van der Waals surface area contributed by atoms with Crippen LogP contribution in [0.15, 0.2) is 48.5 Å². The van der Waals surface area contributed by atoms with Crippen LogP contribution in [0.3, 0.4) is 0 Å². The minimum absolute atomic E-state index is 0.195. The van der Waals surface area contributed by atoms with Crippen molar-refractivity contribution in [3.05, 3.63) is 59.7 Å². The Morgan fingerprint density at radius 1 is 1.22 bits per heavy atom. The largest absolute Gasteiger partial charge is 0.497 e. The van der Waals surface area contributed by atoms with Gasteiger partial charge >= 0.3 is 0 Å². The number of nitrogens with zero attached hydrogens (tertiary/aromatic N) is 1. The predicted molar refractivity (Wildman–Crippen MR) is 96.3 cm³/mol. The molecule has 23 heavy (non-hydrogen) atoms. The summed E-state index contributed by atoms with van der Waals surface area (Å²) in [6.45, 7) is 2.12. The zero-order valence-corrected chi connectivity index (χ0v) is 14.3. The first-order valence-electron chi connectivity index (χ1n) is 7.79. The second-order valence-corrected chi connectivity index (χ2v) is 6.77. The van der Waals surface area contributed by atoms with Crippen molar-refractivity contribution in [2.75, 3.05) is 17.8 Å². The molecule has 0 spiro atoms. The Kier molecular flexibility index (Phi) is 4.91. The van der Waals surface area contributed by atoms with E-state index in [4.69, 9.17) is 4.74 Å². The molecule has 2 aromatic rings. The Balaban J connectivity index is 1.57. The molecule has 0 saturated carbocycles. The van der Waals surface area contributed by atoms with Gasteiger partial charge in [-0.1, -0.05) is 30.3 Å². The van der Waals surface area contributed by atoms with Crippen molar-refractivity contribution in [1.82, 2.24) is 0 Å². The van der Waals surface area contributed by atoms with Crippen LogP contribution < -0.4 is 9.64 Å². The maximum Gasteiger partial charge on any atom is 0.237 e. The number of benzene rings is 2. The summed E-state index contributed by atoms with van der Waals surface area (Å²) in [5.41, 5.74) is 3.56. The van der Waals surface area contributed by atoms with Crippen molar-refractivity contribution in [3.8, 4) is 5.75 Å². The van der Waals surface area contributed by atoms with Crippen molar-refractivity contribution >= 4 is 23.4 Å². The Bertz CT molecular complexity index is 684. The first-order valence-corrected chi connectivity index (χ1v) is 8.95. The van der Waals surface area contributed by atoms with Crippen LogP contribution in [0, 0.1) is 0 Å². The highest BCUT2D eigenvalue weighted by atomic mass is 32.2. The number of thioether (sulfide) groups is 1. The van der Waals surface area contributed by atoms with Crippen LogP contribution in [0.5, 0.6) is 5.75 Å². The lowest BCUT2D eigenvalue weighted by Crippen LogP contribution is -2.37. The molecule has 0 radical (unpaired) electrons. The van der Waals surface area contributed by atoms with Gasteiger partial charge < -0.3 is 9.64 Å². The van der Waals surface area contributed by atoms with Gasteiger partial charge in [0.2, 0.25) is 5.91 Å². The molecule has 3 nitrogen and oxygen atoms in total. The Morgan fingerprint density at radius 3 is 2.70 bits per heavy atom. The standard InChI is InChI=1S/C19H21NO2S/c1-14-11-16-5-3-4-6-18(16)20(14)19(21)13-23-12-15-7-9-17(22-2)10-8-15/h3-10,14H,11-13H2,1-2H3. The molecule has 0 fully saturated rings. The number of fused-ring (bicyclic) bond motifs is 1. The van der Waals surface area contributed by atoms with Crippen LogP contribution >= 0.6 is 11.8 Å². The highest BCUT2D eigenvalue weighted by Crippen LogP contribution is 2.32. The molecular weight excluding hydrogens is 306 g/mol. The van der Waals surface area contributed by atoms with Gasteiger partial charge in [0.05, 0.1) is 12.9 Å². The molecule has 1 aliphatic rings. The van der Waals surface area contributed by atoms with Crippen molar-refractivity contribution < 1.29 is 9.53 Å². The number of ether oxygens (including phenoxy) is 1. The van der Waals surface area contributed by atoms with E-state index < -0.39 is 0 Å². The summed E-state index contributed by atoms with van der Waals surface area (Å²) in [4.78, 5) is 14.5. The fourth-order valence-corrected chi connectivity index (χ4v) is 3.84. The molecule has 0 aromatic heterocycles. The molecule has 3 rings (SSSR count). The van der Waals surface area contributed by atoms with Gasteiger partial charge in [0.1, 0.15) is 5.75 Å². The number of anilines is 1. The molecule has 2 aromatic carbocycles. The third-order valence-corrected chi connectivity index (χ3v) is 5.12. The summed E-state index contributed by atoms with van der Waals surface area (Å²) < 4.78 is 5.16. The normalized spacial score (nSPS) is 16.3. The molecule has 0 saturated heterocycles. The molecule has 4 heteroatoms. The van der Waals surface area contributed by atoms with E-state index in [2.05, 4.69) is 13.0 Å². The molecule has 1 amide bonds. The number of para-hydroxylation sites is 1. The molecule has 0 N–H and O–H groups in total. The number of rotatable bonds is 5. The van der Waals surface area contributed by atoms with E-state index in [1.807, 2.05) is 47.4 Å². The van der Waals surface area contributed by atoms with E-state index in [9.17, 15) is 4.79 Å². The number of carbonyl (C=O) groups is 1. The minimum atomic E-state index is 0.195. The van der Waals surface area contributed by atoms with E-state index in [0.29, 0.717) is 5.75 Å². The third-order valence-electron chi connectivity index (χ3n) is 4.13. The van der Waals surface area contributed by atoms with Gasteiger partial charge in [-0.3, -0.25) is 4.79 Å². The zero-order valence-electron chi connectivity index (χ0n) is 13.5. The van der Waals surface area contributed by atoms with Crippen LogP contribution in [0.4, 0.5) is 5.69 Å². The van der Waals surface area contributed by atoms with Gasteiger partial charge in [0.15, 0.2) is 0 Å². The van der Waals surface area contributed by atoms with Gasteiger partial charge in [0.25, 0.3) is 0 Å². The van der Waals surface area contributed by atoms with E-state index >= 15 is 0 Å². The van der Waals surface area contributed by atoms with Crippen LogP contribution in [0.25, 0.3) is 0 Å². The summed E-state index contributed by atoms with van der Waals surface area (Å²) in [6, 6.07) is 16.5. The van der Waals surface area contributed by atoms with E-state index in [1.54, 1.807) is 18.9 Å². The first-order chi connectivity index (χ1) is 11.2. The lowest BCUT2D eigenvalue weighted by atomic mass is 10.1. The average Bonchev–Trinajstić information content (AvgIpc) is 2.91. The number of hydrogen-bond donors (Lipinski definition) is 0. The van der Waals surface area contributed by atoms with Crippen molar-refractivity contribution in [2.24, 2.45) is 0 Å². The van der Waals surface area contributed by atoms with E-state index in [0.717, 1.165) is 23.6 Å². The van der Waals surface area contributed by atoms with Gasteiger partial charge in [-0.25, -0.2) is 0 Å². The third kappa shape index (κ3) is 3.53. The van der Waals surface area contributed by atoms with Gasteiger partial charge in [-0.2, -0.15) is 0 Å². The average molecular weight is 327 g/mol. The summed E-state index contributed by atoms with van der Waals surface area (Å²) >= 11 is 1.66. The molecular formula is C19H21NO2S. The summed E-state index contributed by atoms with van der Waals surface area (Å²) in [6.07, 6.45) is 0.949. The Labute approximate surface area is 141 Å².